The highest BCUT2D eigenvalue weighted by molar-refractivity contribution is 9.10. The zero-order valence-electron chi connectivity index (χ0n) is 11.3. The number of benzene rings is 1. The molecule has 0 aliphatic carbocycles. The third-order valence-electron chi connectivity index (χ3n) is 2.72. The van der Waals surface area contributed by atoms with Crippen LogP contribution in [-0.2, 0) is 11.3 Å². The lowest BCUT2D eigenvalue weighted by molar-refractivity contribution is 0.198. The predicted octanol–water partition coefficient (Wildman–Crippen LogP) is 2.51. The van der Waals surface area contributed by atoms with Crippen LogP contribution in [0.1, 0.15) is 12.0 Å². The van der Waals surface area contributed by atoms with Gasteiger partial charge in [0.2, 0.25) is 0 Å². The Morgan fingerprint density at radius 2 is 2.17 bits per heavy atom. The second-order valence-electron chi connectivity index (χ2n) is 4.46. The largest absolute Gasteiger partial charge is 0.383 e. The molecule has 1 aromatic carbocycles. The molecule has 0 saturated heterocycles. The molecule has 1 aromatic rings. The van der Waals surface area contributed by atoms with Crippen LogP contribution in [-0.4, -0.2) is 45.3 Å². The summed E-state index contributed by atoms with van der Waals surface area (Å²) in [5, 5.41) is 3.36. The summed E-state index contributed by atoms with van der Waals surface area (Å²) in [6.07, 6.45) is 1.16. The Balaban J connectivity index is 2.12. The van der Waals surface area contributed by atoms with Gasteiger partial charge in [-0.2, -0.15) is 0 Å². The van der Waals surface area contributed by atoms with E-state index in [-0.39, 0.29) is 0 Å². The van der Waals surface area contributed by atoms with Crippen LogP contribution < -0.4 is 5.32 Å². The van der Waals surface area contributed by atoms with E-state index in [0.717, 1.165) is 43.7 Å². The fourth-order valence-electron chi connectivity index (χ4n) is 1.80. The molecular formula is C14H23BrN2O. The van der Waals surface area contributed by atoms with Crippen molar-refractivity contribution in [2.45, 2.75) is 13.0 Å². The fraction of sp³-hybridized carbons (Fsp3) is 0.571. The number of halogens is 1. The van der Waals surface area contributed by atoms with Gasteiger partial charge in [0.05, 0.1) is 6.61 Å². The molecule has 0 amide bonds. The second kappa shape index (κ2) is 9.50. The van der Waals surface area contributed by atoms with Crippen LogP contribution in [0.15, 0.2) is 28.7 Å². The van der Waals surface area contributed by atoms with Gasteiger partial charge in [0.15, 0.2) is 0 Å². The van der Waals surface area contributed by atoms with Crippen molar-refractivity contribution in [1.29, 1.82) is 0 Å². The summed E-state index contributed by atoms with van der Waals surface area (Å²) in [6, 6.07) is 8.48. The van der Waals surface area contributed by atoms with Gasteiger partial charge in [0.1, 0.15) is 0 Å². The van der Waals surface area contributed by atoms with Gasteiger partial charge < -0.3 is 15.0 Å². The maximum atomic E-state index is 4.98. The van der Waals surface area contributed by atoms with Crippen LogP contribution in [0.4, 0.5) is 0 Å². The molecule has 0 unspecified atom stereocenters. The van der Waals surface area contributed by atoms with Gasteiger partial charge in [0, 0.05) is 24.7 Å². The third kappa shape index (κ3) is 7.11. The van der Waals surface area contributed by atoms with E-state index in [1.807, 2.05) is 0 Å². The second-order valence-corrected chi connectivity index (χ2v) is 5.38. The van der Waals surface area contributed by atoms with Crippen LogP contribution >= 0.6 is 15.9 Å². The van der Waals surface area contributed by atoms with Gasteiger partial charge in [-0.25, -0.2) is 0 Å². The predicted molar refractivity (Wildman–Crippen MR) is 79.8 cm³/mol. The van der Waals surface area contributed by atoms with Gasteiger partial charge in [-0.3, -0.25) is 0 Å². The van der Waals surface area contributed by atoms with Crippen LogP contribution in [0.5, 0.6) is 0 Å². The molecule has 18 heavy (non-hydrogen) atoms. The number of ether oxygens (including phenoxy) is 1. The number of nitrogens with zero attached hydrogens (tertiary/aromatic N) is 1. The standard InChI is InChI=1S/C14H23BrN2O/c1-17(9-4-7-16-8-10-18-2)12-13-5-3-6-14(15)11-13/h3,5-6,11,16H,4,7-10,12H2,1-2H3. The van der Waals surface area contributed by atoms with Crippen molar-refractivity contribution in [3.05, 3.63) is 34.3 Å². The zero-order valence-corrected chi connectivity index (χ0v) is 12.9. The van der Waals surface area contributed by atoms with Crippen molar-refractivity contribution in [3.63, 3.8) is 0 Å². The van der Waals surface area contributed by atoms with Gasteiger partial charge >= 0.3 is 0 Å². The maximum Gasteiger partial charge on any atom is 0.0587 e. The molecule has 0 aliphatic rings. The molecule has 0 saturated carbocycles. The molecule has 0 bridgehead atoms. The van der Waals surface area contributed by atoms with Gasteiger partial charge in [-0.05, 0) is 44.3 Å². The first-order valence-electron chi connectivity index (χ1n) is 6.35. The number of rotatable bonds is 9. The van der Waals surface area contributed by atoms with Crippen LogP contribution in [0.2, 0.25) is 0 Å². The number of hydrogen-bond donors (Lipinski definition) is 1. The van der Waals surface area contributed by atoms with E-state index in [1.165, 1.54) is 5.56 Å². The lowest BCUT2D eigenvalue weighted by Crippen LogP contribution is -2.25. The Hall–Kier alpha value is -0.420. The zero-order chi connectivity index (χ0) is 13.2. The molecule has 102 valence electrons. The first-order chi connectivity index (χ1) is 8.72. The average molecular weight is 315 g/mol. The number of methoxy groups -OCH3 is 1. The monoisotopic (exact) mass is 314 g/mol. The SMILES string of the molecule is COCCNCCCN(C)Cc1cccc(Br)c1. The minimum Gasteiger partial charge on any atom is -0.383 e. The Labute approximate surface area is 119 Å². The lowest BCUT2D eigenvalue weighted by atomic mass is 10.2. The summed E-state index contributed by atoms with van der Waals surface area (Å²) >= 11 is 3.50. The van der Waals surface area contributed by atoms with Crippen LogP contribution in [0.3, 0.4) is 0 Å². The fourth-order valence-corrected chi connectivity index (χ4v) is 2.25. The van der Waals surface area contributed by atoms with E-state index in [9.17, 15) is 0 Å². The minimum absolute atomic E-state index is 0.786. The quantitative estimate of drug-likeness (QED) is 0.709. The van der Waals surface area contributed by atoms with E-state index in [1.54, 1.807) is 7.11 Å². The van der Waals surface area contributed by atoms with Crippen molar-refractivity contribution >= 4 is 15.9 Å². The molecule has 3 nitrogen and oxygen atoms in total. The molecule has 0 aliphatic heterocycles. The molecule has 1 rings (SSSR count). The molecule has 0 spiro atoms. The van der Waals surface area contributed by atoms with E-state index in [0.29, 0.717) is 0 Å². The van der Waals surface area contributed by atoms with Crippen molar-refractivity contribution in [2.24, 2.45) is 0 Å². The summed E-state index contributed by atoms with van der Waals surface area (Å²) in [5.74, 6) is 0. The Bertz CT molecular complexity index is 333. The van der Waals surface area contributed by atoms with E-state index in [4.69, 9.17) is 4.74 Å². The Kier molecular flexibility index (Phi) is 8.25. The number of nitrogens with one attached hydrogen (secondary N) is 1. The number of hydrogen-bond acceptors (Lipinski definition) is 3. The summed E-state index contributed by atoms with van der Waals surface area (Å²) in [5.41, 5.74) is 1.35. The molecule has 0 heterocycles. The Morgan fingerprint density at radius 3 is 2.89 bits per heavy atom. The molecule has 0 aromatic heterocycles. The molecule has 1 N–H and O–H groups in total. The first-order valence-corrected chi connectivity index (χ1v) is 7.14. The topological polar surface area (TPSA) is 24.5 Å². The van der Waals surface area contributed by atoms with Gasteiger partial charge in [-0.15, -0.1) is 0 Å². The highest BCUT2D eigenvalue weighted by atomic mass is 79.9. The van der Waals surface area contributed by atoms with Crippen molar-refractivity contribution in [3.8, 4) is 0 Å². The third-order valence-corrected chi connectivity index (χ3v) is 3.21. The van der Waals surface area contributed by atoms with E-state index in [2.05, 4.69) is 57.5 Å². The van der Waals surface area contributed by atoms with E-state index < -0.39 is 0 Å². The highest BCUT2D eigenvalue weighted by Crippen LogP contribution is 2.12. The average Bonchev–Trinajstić information content (AvgIpc) is 2.33. The minimum atomic E-state index is 0.786. The summed E-state index contributed by atoms with van der Waals surface area (Å²) in [6.45, 7) is 4.87. The van der Waals surface area contributed by atoms with Crippen molar-refractivity contribution in [2.75, 3.05) is 40.4 Å². The normalized spacial score (nSPS) is 11.1. The van der Waals surface area contributed by atoms with Crippen LogP contribution in [0.25, 0.3) is 0 Å². The maximum absolute atomic E-state index is 4.98. The molecule has 0 fully saturated rings. The molecular weight excluding hydrogens is 292 g/mol. The molecule has 0 radical (unpaired) electrons. The van der Waals surface area contributed by atoms with Gasteiger partial charge in [0.25, 0.3) is 0 Å². The lowest BCUT2D eigenvalue weighted by Gasteiger charge is -2.17. The van der Waals surface area contributed by atoms with Crippen molar-refractivity contribution < 1.29 is 4.74 Å². The van der Waals surface area contributed by atoms with E-state index >= 15 is 0 Å². The first kappa shape index (κ1) is 15.6. The molecule has 4 heteroatoms. The smallest absolute Gasteiger partial charge is 0.0587 e. The van der Waals surface area contributed by atoms with Gasteiger partial charge in [-0.1, -0.05) is 28.1 Å². The van der Waals surface area contributed by atoms with Crippen molar-refractivity contribution in [1.82, 2.24) is 10.2 Å². The molecule has 0 atom stereocenters. The summed E-state index contributed by atoms with van der Waals surface area (Å²) in [7, 11) is 3.89. The highest BCUT2D eigenvalue weighted by Gasteiger charge is 2.00. The summed E-state index contributed by atoms with van der Waals surface area (Å²) < 4.78 is 6.13. The van der Waals surface area contributed by atoms with Crippen LogP contribution in [0, 0.1) is 0 Å². The summed E-state index contributed by atoms with van der Waals surface area (Å²) in [4.78, 5) is 2.35. The Morgan fingerprint density at radius 1 is 1.33 bits per heavy atom.